The summed E-state index contributed by atoms with van der Waals surface area (Å²) in [5, 5.41) is 9.68. The molecule has 2 aliphatic rings. The van der Waals surface area contributed by atoms with Gasteiger partial charge in [0.1, 0.15) is 5.60 Å². The molecule has 1 saturated carbocycles. The van der Waals surface area contributed by atoms with E-state index in [4.69, 9.17) is 4.74 Å². The zero-order valence-corrected chi connectivity index (χ0v) is 13.4. The fourth-order valence-electron chi connectivity index (χ4n) is 3.55. The first-order chi connectivity index (χ1) is 9.72. The third kappa shape index (κ3) is 3.89. The van der Waals surface area contributed by atoms with E-state index in [1.54, 1.807) is 4.90 Å². The number of carbonyl (C=O) groups excluding carboxylic acids is 1. The van der Waals surface area contributed by atoms with Crippen molar-refractivity contribution in [1.29, 1.82) is 0 Å². The van der Waals surface area contributed by atoms with Gasteiger partial charge in [0, 0.05) is 13.1 Å². The molecule has 0 aromatic heterocycles. The van der Waals surface area contributed by atoms with Gasteiger partial charge in [-0.25, -0.2) is 4.79 Å². The lowest BCUT2D eigenvalue weighted by atomic mass is 9.78. The first-order valence-corrected chi connectivity index (χ1v) is 7.93. The quantitative estimate of drug-likeness (QED) is 0.868. The van der Waals surface area contributed by atoms with Gasteiger partial charge in [-0.05, 0) is 39.5 Å². The van der Waals surface area contributed by atoms with Crippen LogP contribution in [0.25, 0.3) is 0 Å². The summed E-state index contributed by atoms with van der Waals surface area (Å²) in [5.74, 6) is -0.264. The number of hydrogen-bond acceptors (Lipinski definition) is 3. The zero-order chi connectivity index (χ0) is 15.7. The zero-order valence-electron chi connectivity index (χ0n) is 13.4. The molecule has 1 aliphatic heterocycles. The van der Waals surface area contributed by atoms with Crippen LogP contribution >= 0.6 is 0 Å². The van der Waals surface area contributed by atoms with Gasteiger partial charge in [0.05, 0.1) is 5.41 Å². The Kier molecular flexibility index (Phi) is 4.49. The Morgan fingerprint density at radius 1 is 1.29 bits per heavy atom. The van der Waals surface area contributed by atoms with Crippen LogP contribution in [0.4, 0.5) is 4.79 Å². The third-order valence-electron chi connectivity index (χ3n) is 4.61. The fraction of sp³-hybridized carbons (Fsp3) is 0.875. The Balaban J connectivity index is 2.01. The van der Waals surface area contributed by atoms with E-state index in [2.05, 4.69) is 0 Å². The summed E-state index contributed by atoms with van der Waals surface area (Å²) in [5.41, 5.74) is -1.32. The summed E-state index contributed by atoms with van der Waals surface area (Å²) in [6.07, 6.45) is 5.51. The Hall–Kier alpha value is -1.26. The molecule has 0 bridgehead atoms. The molecular formula is C16H27NO4. The average Bonchev–Trinajstić information content (AvgIpc) is 2.97. The first kappa shape index (κ1) is 16.1. The van der Waals surface area contributed by atoms with Crippen molar-refractivity contribution in [3.63, 3.8) is 0 Å². The van der Waals surface area contributed by atoms with E-state index in [1.807, 2.05) is 20.8 Å². The number of aliphatic carboxylic acids is 1. The number of amides is 1. The van der Waals surface area contributed by atoms with Crippen molar-refractivity contribution in [2.75, 3.05) is 13.1 Å². The lowest BCUT2D eigenvalue weighted by molar-refractivity contribution is -0.149. The summed E-state index contributed by atoms with van der Waals surface area (Å²) in [6, 6.07) is 0. The van der Waals surface area contributed by atoms with Crippen LogP contribution in [-0.2, 0) is 9.53 Å². The number of likely N-dealkylation sites (tertiary alicyclic amines) is 1. The highest BCUT2D eigenvalue weighted by molar-refractivity contribution is 5.78. The van der Waals surface area contributed by atoms with E-state index >= 15 is 0 Å². The van der Waals surface area contributed by atoms with Gasteiger partial charge in [0.2, 0.25) is 0 Å². The van der Waals surface area contributed by atoms with Crippen LogP contribution < -0.4 is 0 Å². The third-order valence-corrected chi connectivity index (χ3v) is 4.61. The highest BCUT2D eigenvalue weighted by Crippen LogP contribution is 2.42. The maximum atomic E-state index is 12.1. The van der Waals surface area contributed by atoms with Crippen LogP contribution in [0.3, 0.4) is 0 Å². The molecule has 0 radical (unpaired) electrons. The highest BCUT2D eigenvalue weighted by Gasteiger charge is 2.48. The van der Waals surface area contributed by atoms with Crippen molar-refractivity contribution in [3.05, 3.63) is 0 Å². The van der Waals surface area contributed by atoms with E-state index in [0.717, 1.165) is 12.8 Å². The van der Waals surface area contributed by atoms with Crippen molar-refractivity contribution in [3.8, 4) is 0 Å². The fourth-order valence-corrected chi connectivity index (χ4v) is 3.55. The summed E-state index contributed by atoms with van der Waals surface area (Å²) >= 11 is 0. The molecular weight excluding hydrogens is 270 g/mol. The molecule has 1 saturated heterocycles. The van der Waals surface area contributed by atoms with Crippen molar-refractivity contribution in [2.24, 2.45) is 11.3 Å². The standard InChI is InChI=1S/C16H27NO4/c1-15(2,3)21-14(20)17-9-8-16(11-17,13(18)19)10-12-6-4-5-7-12/h12H,4-11H2,1-3H3,(H,18,19). The molecule has 1 aliphatic carbocycles. The van der Waals surface area contributed by atoms with Gasteiger partial charge in [-0.15, -0.1) is 0 Å². The number of nitrogens with zero attached hydrogens (tertiary/aromatic N) is 1. The average molecular weight is 297 g/mol. The number of hydrogen-bond donors (Lipinski definition) is 1. The van der Waals surface area contributed by atoms with Crippen molar-refractivity contribution in [2.45, 2.75) is 64.9 Å². The number of ether oxygens (including phenoxy) is 1. The predicted molar refractivity (Wildman–Crippen MR) is 79.1 cm³/mol. The van der Waals surface area contributed by atoms with Gasteiger partial charge in [-0.1, -0.05) is 25.7 Å². The SMILES string of the molecule is CC(C)(C)OC(=O)N1CCC(CC2CCCC2)(C(=O)O)C1. The van der Waals surface area contributed by atoms with E-state index < -0.39 is 23.1 Å². The summed E-state index contributed by atoms with van der Waals surface area (Å²) < 4.78 is 5.36. The number of carbonyl (C=O) groups is 2. The Morgan fingerprint density at radius 2 is 1.90 bits per heavy atom. The maximum Gasteiger partial charge on any atom is 0.410 e. The number of carboxylic acid groups (broad SMARTS) is 1. The number of carboxylic acids is 1. The molecule has 2 fully saturated rings. The van der Waals surface area contributed by atoms with Gasteiger partial charge in [-0.3, -0.25) is 4.79 Å². The van der Waals surface area contributed by atoms with Gasteiger partial charge in [0.25, 0.3) is 0 Å². The molecule has 5 heteroatoms. The van der Waals surface area contributed by atoms with Crippen LogP contribution in [0.2, 0.25) is 0 Å². The topological polar surface area (TPSA) is 66.8 Å². The smallest absolute Gasteiger partial charge is 0.410 e. The lowest BCUT2D eigenvalue weighted by Crippen LogP contribution is -2.40. The molecule has 1 unspecified atom stereocenters. The molecule has 5 nitrogen and oxygen atoms in total. The Morgan fingerprint density at radius 3 is 2.43 bits per heavy atom. The second kappa shape index (κ2) is 5.85. The molecule has 1 N–H and O–H groups in total. The minimum absolute atomic E-state index is 0.285. The summed E-state index contributed by atoms with van der Waals surface area (Å²) in [6.45, 7) is 6.24. The van der Waals surface area contributed by atoms with E-state index in [-0.39, 0.29) is 6.54 Å². The molecule has 0 aromatic rings. The predicted octanol–water partition coefficient (Wildman–Crippen LogP) is 3.28. The lowest BCUT2D eigenvalue weighted by Gasteiger charge is -2.28. The summed E-state index contributed by atoms with van der Waals surface area (Å²) in [7, 11) is 0. The monoisotopic (exact) mass is 297 g/mol. The van der Waals surface area contributed by atoms with Crippen LogP contribution in [0, 0.1) is 11.3 Å². The molecule has 1 atom stereocenters. The molecule has 0 spiro atoms. The van der Waals surface area contributed by atoms with Gasteiger partial charge in [0.15, 0.2) is 0 Å². The molecule has 21 heavy (non-hydrogen) atoms. The largest absolute Gasteiger partial charge is 0.481 e. The van der Waals surface area contributed by atoms with E-state index in [0.29, 0.717) is 25.3 Å². The molecule has 1 heterocycles. The normalized spacial score (nSPS) is 27.1. The van der Waals surface area contributed by atoms with Gasteiger partial charge in [-0.2, -0.15) is 0 Å². The molecule has 2 rings (SSSR count). The van der Waals surface area contributed by atoms with E-state index in [9.17, 15) is 14.7 Å². The Labute approximate surface area is 126 Å². The highest BCUT2D eigenvalue weighted by atomic mass is 16.6. The van der Waals surface area contributed by atoms with E-state index in [1.165, 1.54) is 12.8 Å². The molecule has 120 valence electrons. The maximum absolute atomic E-state index is 12.1. The van der Waals surface area contributed by atoms with Crippen LogP contribution in [0.15, 0.2) is 0 Å². The summed E-state index contributed by atoms with van der Waals surface area (Å²) in [4.78, 5) is 25.5. The van der Waals surface area contributed by atoms with Crippen LogP contribution in [0.5, 0.6) is 0 Å². The molecule has 0 aromatic carbocycles. The van der Waals surface area contributed by atoms with Gasteiger partial charge < -0.3 is 14.7 Å². The van der Waals surface area contributed by atoms with Crippen molar-refractivity contribution < 1.29 is 19.4 Å². The van der Waals surface area contributed by atoms with Crippen LogP contribution in [-0.4, -0.2) is 40.8 Å². The van der Waals surface area contributed by atoms with Crippen molar-refractivity contribution >= 4 is 12.1 Å². The van der Waals surface area contributed by atoms with Gasteiger partial charge >= 0.3 is 12.1 Å². The Bertz CT molecular complexity index is 409. The van der Waals surface area contributed by atoms with Crippen molar-refractivity contribution in [1.82, 2.24) is 4.90 Å². The second-order valence-corrected chi connectivity index (χ2v) is 7.59. The van der Waals surface area contributed by atoms with Crippen LogP contribution in [0.1, 0.15) is 59.3 Å². The second-order valence-electron chi connectivity index (χ2n) is 7.59. The molecule has 1 amide bonds. The minimum atomic E-state index is -0.772. The number of rotatable bonds is 3. The minimum Gasteiger partial charge on any atom is -0.481 e. The first-order valence-electron chi connectivity index (χ1n) is 7.93.